The molecule has 4 rings (SSSR count). The number of benzene rings is 3. The molecule has 3 aromatic carbocycles. The number of hydrogen-bond donors (Lipinski definition) is 1. The molecule has 0 aliphatic heterocycles. The number of hydrogen-bond acceptors (Lipinski definition) is 3. The molecule has 2 N–H and O–H groups in total. The van der Waals surface area contributed by atoms with Gasteiger partial charge in [-0.05, 0) is 16.7 Å². The molecule has 0 aromatic heterocycles. The van der Waals surface area contributed by atoms with Crippen LogP contribution in [0.5, 0.6) is 0 Å². The molecule has 1 saturated carbocycles. The largest absolute Gasteiger partial charge is 0.373 e. The lowest BCUT2D eigenvalue weighted by Crippen LogP contribution is -2.20. The van der Waals surface area contributed by atoms with Crippen LogP contribution < -0.4 is 5.90 Å². The molecule has 1 aliphatic rings. The van der Waals surface area contributed by atoms with E-state index >= 15 is 0 Å². The first kappa shape index (κ1) is 15.6. The van der Waals surface area contributed by atoms with Crippen LogP contribution in [0.3, 0.4) is 0 Å². The number of carbonyl (C=O) groups is 1. The third-order valence-corrected chi connectivity index (χ3v) is 5.24. The van der Waals surface area contributed by atoms with Crippen molar-refractivity contribution in [3.05, 3.63) is 108 Å². The number of nitrogens with two attached hydrogens (primary N) is 1. The van der Waals surface area contributed by atoms with Gasteiger partial charge in [-0.25, -0.2) is 0 Å². The minimum Gasteiger partial charge on any atom is -0.373 e. The molecule has 0 saturated heterocycles. The zero-order valence-corrected chi connectivity index (χ0v) is 13.7. The number of carbonyl (C=O) groups excluding carboxylic acids is 1. The minimum absolute atomic E-state index is 0.00505. The average Bonchev–Trinajstić information content (AvgIpc) is 3.41. The molecule has 0 amide bonds. The van der Waals surface area contributed by atoms with Crippen LogP contribution >= 0.6 is 0 Å². The first-order valence-electron chi connectivity index (χ1n) is 8.36. The van der Waals surface area contributed by atoms with Crippen molar-refractivity contribution in [1.82, 2.24) is 0 Å². The van der Waals surface area contributed by atoms with Crippen LogP contribution in [0.4, 0.5) is 0 Å². The summed E-state index contributed by atoms with van der Waals surface area (Å²) in [6.45, 7) is 0. The molecule has 124 valence electrons. The summed E-state index contributed by atoms with van der Waals surface area (Å²) in [7, 11) is 0. The second kappa shape index (κ2) is 6.19. The quantitative estimate of drug-likeness (QED) is 0.741. The van der Waals surface area contributed by atoms with E-state index in [0.717, 1.165) is 16.7 Å². The molecule has 1 aliphatic carbocycles. The third-order valence-electron chi connectivity index (χ3n) is 5.24. The molecule has 25 heavy (non-hydrogen) atoms. The highest BCUT2D eigenvalue weighted by Crippen LogP contribution is 2.69. The van der Waals surface area contributed by atoms with Crippen molar-refractivity contribution in [2.24, 2.45) is 11.8 Å². The number of rotatable bonds is 4. The van der Waals surface area contributed by atoms with Crippen molar-refractivity contribution in [3.63, 3.8) is 0 Å². The molecular formula is C22H19NO2. The van der Waals surface area contributed by atoms with Crippen LogP contribution in [0, 0.1) is 5.92 Å². The van der Waals surface area contributed by atoms with E-state index in [4.69, 9.17) is 5.90 Å². The molecule has 0 spiro atoms. The Hall–Kier alpha value is -2.91. The van der Waals surface area contributed by atoms with Gasteiger partial charge in [-0.3, -0.25) is 4.79 Å². The van der Waals surface area contributed by atoms with E-state index < -0.39 is 5.41 Å². The Morgan fingerprint density at radius 3 is 1.64 bits per heavy atom. The Bertz CT molecular complexity index is 823. The first-order valence-corrected chi connectivity index (χ1v) is 8.36. The van der Waals surface area contributed by atoms with Gasteiger partial charge in [0.25, 0.3) is 0 Å². The maximum atomic E-state index is 12.6. The standard InChI is InChI=1S/C22H19NO2/c23-25-21(24)20-19(16-10-4-1-5-11-16)22(20,17-12-6-2-7-13-17)18-14-8-3-9-15-18/h1-15,19-20H,23H2/t19-,20-/m1/s1. The zero-order valence-electron chi connectivity index (χ0n) is 13.7. The molecule has 2 atom stereocenters. The van der Waals surface area contributed by atoms with E-state index in [1.54, 1.807) is 0 Å². The predicted octanol–water partition coefficient (Wildman–Crippen LogP) is 3.80. The van der Waals surface area contributed by atoms with Gasteiger partial charge in [0.2, 0.25) is 0 Å². The summed E-state index contributed by atoms with van der Waals surface area (Å²) in [5.41, 5.74) is 2.86. The van der Waals surface area contributed by atoms with Gasteiger partial charge in [-0.15, -0.1) is 0 Å². The zero-order chi connectivity index (χ0) is 17.3. The van der Waals surface area contributed by atoms with Crippen LogP contribution in [0.2, 0.25) is 0 Å². The second-order valence-electron chi connectivity index (χ2n) is 6.40. The van der Waals surface area contributed by atoms with Gasteiger partial charge in [-0.1, -0.05) is 91.0 Å². The molecule has 1 fully saturated rings. The van der Waals surface area contributed by atoms with Crippen molar-refractivity contribution in [2.75, 3.05) is 0 Å². The van der Waals surface area contributed by atoms with Crippen molar-refractivity contribution < 1.29 is 9.63 Å². The van der Waals surface area contributed by atoms with Gasteiger partial charge in [0, 0.05) is 11.3 Å². The Morgan fingerprint density at radius 2 is 1.20 bits per heavy atom. The minimum atomic E-state index is -0.458. The third kappa shape index (κ3) is 2.36. The van der Waals surface area contributed by atoms with Gasteiger partial charge in [-0.2, -0.15) is 5.90 Å². The smallest absolute Gasteiger partial charge is 0.329 e. The van der Waals surface area contributed by atoms with E-state index in [-0.39, 0.29) is 17.8 Å². The van der Waals surface area contributed by atoms with Crippen LogP contribution in [0.25, 0.3) is 0 Å². The van der Waals surface area contributed by atoms with Gasteiger partial charge in [0.05, 0.1) is 5.92 Å². The van der Waals surface area contributed by atoms with Gasteiger partial charge in [0.15, 0.2) is 0 Å². The molecule has 3 heteroatoms. The highest BCUT2D eigenvalue weighted by molar-refractivity contribution is 5.84. The molecule has 3 nitrogen and oxygen atoms in total. The van der Waals surface area contributed by atoms with E-state index in [2.05, 4.69) is 41.2 Å². The summed E-state index contributed by atoms with van der Waals surface area (Å²) in [6, 6.07) is 30.4. The SMILES string of the molecule is NOC(=O)[C@H]1[C@@H](c2ccccc2)C1(c1ccccc1)c1ccccc1. The predicted molar refractivity (Wildman–Crippen MR) is 96.6 cm³/mol. The topological polar surface area (TPSA) is 52.3 Å². The van der Waals surface area contributed by atoms with Crippen LogP contribution in [-0.2, 0) is 15.0 Å². The molecule has 3 aromatic rings. The Balaban J connectivity index is 1.95. The normalized spacial score (nSPS) is 20.7. The summed E-state index contributed by atoms with van der Waals surface area (Å²) in [6.07, 6.45) is 0. The molecule has 0 heterocycles. The Labute approximate surface area is 147 Å². The van der Waals surface area contributed by atoms with Crippen LogP contribution in [0.1, 0.15) is 22.6 Å². The summed E-state index contributed by atoms with van der Waals surface area (Å²) in [4.78, 5) is 17.3. The van der Waals surface area contributed by atoms with E-state index in [9.17, 15) is 4.79 Å². The first-order chi connectivity index (χ1) is 12.3. The van der Waals surface area contributed by atoms with Gasteiger partial charge < -0.3 is 4.84 Å². The average molecular weight is 329 g/mol. The van der Waals surface area contributed by atoms with E-state index in [1.807, 2.05) is 54.6 Å². The molecule has 0 unspecified atom stereocenters. The maximum Gasteiger partial charge on any atom is 0.329 e. The highest BCUT2D eigenvalue weighted by atomic mass is 16.7. The summed E-state index contributed by atoms with van der Waals surface area (Å²) in [5.74, 6) is 4.56. The lowest BCUT2D eigenvalue weighted by molar-refractivity contribution is -0.146. The fourth-order valence-corrected chi connectivity index (χ4v) is 4.21. The fraction of sp³-hybridized carbons (Fsp3) is 0.136. The summed E-state index contributed by atoms with van der Waals surface area (Å²) < 4.78 is 0. The van der Waals surface area contributed by atoms with Crippen LogP contribution in [0.15, 0.2) is 91.0 Å². The second-order valence-corrected chi connectivity index (χ2v) is 6.40. The maximum absolute atomic E-state index is 12.6. The van der Waals surface area contributed by atoms with Gasteiger partial charge in [0.1, 0.15) is 0 Å². The Morgan fingerprint density at radius 1 is 0.760 bits per heavy atom. The van der Waals surface area contributed by atoms with Crippen LogP contribution in [-0.4, -0.2) is 5.97 Å². The van der Waals surface area contributed by atoms with Gasteiger partial charge >= 0.3 is 5.97 Å². The lowest BCUT2D eigenvalue weighted by Gasteiger charge is -2.20. The highest BCUT2D eigenvalue weighted by Gasteiger charge is 2.70. The Kier molecular flexibility index (Phi) is 3.86. The molecule has 0 radical (unpaired) electrons. The molecule has 0 bridgehead atoms. The van der Waals surface area contributed by atoms with Crippen molar-refractivity contribution in [1.29, 1.82) is 0 Å². The monoisotopic (exact) mass is 329 g/mol. The van der Waals surface area contributed by atoms with Crippen molar-refractivity contribution in [3.8, 4) is 0 Å². The van der Waals surface area contributed by atoms with Crippen molar-refractivity contribution >= 4 is 5.97 Å². The fourth-order valence-electron chi connectivity index (χ4n) is 4.21. The van der Waals surface area contributed by atoms with E-state index in [0.29, 0.717) is 0 Å². The van der Waals surface area contributed by atoms with Crippen molar-refractivity contribution in [2.45, 2.75) is 11.3 Å². The lowest BCUT2D eigenvalue weighted by atomic mass is 9.83. The summed E-state index contributed by atoms with van der Waals surface area (Å²) >= 11 is 0. The van der Waals surface area contributed by atoms with E-state index in [1.165, 1.54) is 0 Å². The summed E-state index contributed by atoms with van der Waals surface area (Å²) in [5, 5.41) is 0. The molecular weight excluding hydrogens is 310 g/mol.